The Labute approximate surface area is 143 Å². The van der Waals surface area contributed by atoms with Crippen molar-refractivity contribution < 1.29 is 4.79 Å². The minimum atomic E-state index is 0.0431. The van der Waals surface area contributed by atoms with Gasteiger partial charge < -0.3 is 9.88 Å². The van der Waals surface area contributed by atoms with E-state index in [1.54, 1.807) is 30.6 Å². The van der Waals surface area contributed by atoms with Gasteiger partial charge in [-0.25, -0.2) is 15.0 Å². The number of H-pyrrole nitrogens is 1. The zero-order valence-corrected chi connectivity index (χ0v) is 13.7. The standard InChI is InChI=1S/C17H16ClN5O/c18-13-3-1-11(2-4-13)15(24)12-5-7-23(8-6-12)17-14-16(20-9-19-14)21-10-22-17/h1-4,9-10,12H,5-8H2,(H,19,20,21,22). The van der Waals surface area contributed by atoms with Crippen LogP contribution in [0.2, 0.25) is 5.02 Å². The summed E-state index contributed by atoms with van der Waals surface area (Å²) in [5.41, 5.74) is 2.25. The molecule has 0 radical (unpaired) electrons. The van der Waals surface area contributed by atoms with Gasteiger partial charge in [0.05, 0.1) is 6.33 Å². The Morgan fingerprint density at radius 1 is 1.12 bits per heavy atom. The highest BCUT2D eigenvalue weighted by Gasteiger charge is 2.27. The molecule has 1 aromatic carbocycles. The second-order valence-corrected chi connectivity index (χ2v) is 6.37. The molecule has 4 rings (SSSR count). The Bertz CT molecular complexity index is 868. The highest BCUT2D eigenvalue weighted by atomic mass is 35.5. The van der Waals surface area contributed by atoms with E-state index in [-0.39, 0.29) is 11.7 Å². The Kier molecular flexibility index (Phi) is 3.90. The number of imidazole rings is 1. The van der Waals surface area contributed by atoms with Gasteiger partial charge in [-0.3, -0.25) is 4.79 Å². The van der Waals surface area contributed by atoms with Crippen molar-refractivity contribution in [3.05, 3.63) is 47.5 Å². The number of nitrogens with zero attached hydrogens (tertiary/aromatic N) is 4. The number of ketones is 1. The summed E-state index contributed by atoms with van der Waals surface area (Å²) in [4.78, 5) is 30.6. The van der Waals surface area contributed by atoms with Crippen molar-refractivity contribution in [3.63, 3.8) is 0 Å². The first kappa shape index (κ1) is 15.1. The molecule has 3 aromatic rings. The number of piperidine rings is 1. The van der Waals surface area contributed by atoms with Crippen molar-refractivity contribution >= 4 is 34.4 Å². The second-order valence-electron chi connectivity index (χ2n) is 5.93. The normalized spacial score (nSPS) is 15.8. The molecule has 0 amide bonds. The average molecular weight is 342 g/mol. The predicted octanol–water partition coefficient (Wildman–Crippen LogP) is 3.11. The van der Waals surface area contributed by atoms with Crippen molar-refractivity contribution in [1.82, 2.24) is 19.9 Å². The third-order valence-electron chi connectivity index (χ3n) is 4.50. The van der Waals surface area contributed by atoms with E-state index in [1.807, 2.05) is 0 Å². The van der Waals surface area contributed by atoms with Gasteiger partial charge in [-0.05, 0) is 37.1 Å². The number of anilines is 1. The van der Waals surface area contributed by atoms with Crippen LogP contribution in [0.3, 0.4) is 0 Å². The molecule has 3 heterocycles. The average Bonchev–Trinajstić information content (AvgIpc) is 3.11. The molecule has 0 saturated carbocycles. The van der Waals surface area contributed by atoms with Crippen LogP contribution in [0, 0.1) is 5.92 Å². The van der Waals surface area contributed by atoms with E-state index in [0.29, 0.717) is 10.7 Å². The Hall–Kier alpha value is -2.47. The molecule has 7 heteroatoms. The van der Waals surface area contributed by atoms with Gasteiger partial charge in [-0.15, -0.1) is 0 Å². The van der Waals surface area contributed by atoms with Crippen LogP contribution in [0.4, 0.5) is 5.82 Å². The van der Waals surface area contributed by atoms with Crippen LogP contribution in [-0.4, -0.2) is 38.8 Å². The summed E-state index contributed by atoms with van der Waals surface area (Å²) in [7, 11) is 0. The largest absolute Gasteiger partial charge is 0.355 e. The molecule has 24 heavy (non-hydrogen) atoms. The summed E-state index contributed by atoms with van der Waals surface area (Å²) in [6, 6.07) is 7.13. The lowest BCUT2D eigenvalue weighted by molar-refractivity contribution is 0.0900. The molecule has 0 atom stereocenters. The molecule has 0 unspecified atom stereocenters. The van der Waals surface area contributed by atoms with Gasteiger partial charge in [0.1, 0.15) is 11.8 Å². The van der Waals surface area contributed by atoms with Crippen molar-refractivity contribution in [2.45, 2.75) is 12.8 Å². The first-order valence-electron chi connectivity index (χ1n) is 7.91. The molecule has 1 fully saturated rings. The maximum atomic E-state index is 12.6. The summed E-state index contributed by atoms with van der Waals surface area (Å²) in [5.74, 6) is 1.09. The number of Topliss-reactive ketones (excluding diaryl/α,β-unsaturated/α-hetero) is 1. The van der Waals surface area contributed by atoms with Gasteiger partial charge in [0.15, 0.2) is 17.2 Å². The van der Waals surface area contributed by atoms with E-state index >= 15 is 0 Å². The number of rotatable bonds is 3. The van der Waals surface area contributed by atoms with E-state index in [9.17, 15) is 4.79 Å². The maximum absolute atomic E-state index is 12.6. The minimum Gasteiger partial charge on any atom is -0.355 e. The molecule has 1 aliphatic rings. The third-order valence-corrected chi connectivity index (χ3v) is 4.75. The fourth-order valence-corrected chi connectivity index (χ4v) is 3.32. The van der Waals surface area contributed by atoms with Crippen molar-refractivity contribution in [2.75, 3.05) is 18.0 Å². The lowest BCUT2D eigenvalue weighted by Crippen LogP contribution is -2.37. The summed E-state index contributed by atoms with van der Waals surface area (Å²) >= 11 is 5.89. The first-order valence-corrected chi connectivity index (χ1v) is 8.29. The van der Waals surface area contributed by atoms with Crippen LogP contribution in [0.5, 0.6) is 0 Å². The molecular formula is C17H16ClN5O. The fraction of sp³-hybridized carbons (Fsp3) is 0.294. The van der Waals surface area contributed by atoms with Gasteiger partial charge in [-0.1, -0.05) is 11.6 Å². The first-order chi connectivity index (χ1) is 11.7. The highest BCUT2D eigenvalue weighted by Crippen LogP contribution is 2.27. The molecule has 1 saturated heterocycles. The summed E-state index contributed by atoms with van der Waals surface area (Å²) < 4.78 is 0. The Morgan fingerprint density at radius 2 is 1.88 bits per heavy atom. The van der Waals surface area contributed by atoms with Gasteiger partial charge in [-0.2, -0.15) is 0 Å². The summed E-state index contributed by atoms with van der Waals surface area (Å²) in [6.07, 6.45) is 4.77. The highest BCUT2D eigenvalue weighted by molar-refractivity contribution is 6.30. The molecule has 0 spiro atoms. The van der Waals surface area contributed by atoms with Crippen molar-refractivity contribution in [1.29, 1.82) is 0 Å². The molecule has 1 aliphatic heterocycles. The van der Waals surface area contributed by atoms with Crippen LogP contribution in [0.15, 0.2) is 36.9 Å². The van der Waals surface area contributed by atoms with E-state index < -0.39 is 0 Å². The van der Waals surface area contributed by atoms with E-state index in [4.69, 9.17) is 11.6 Å². The van der Waals surface area contributed by atoms with Crippen LogP contribution >= 0.6 is 11.6 Å². The molecule has 1 N–H and O–H groups in total. The zero-order valence-electron chi connectivity index (χ0n) is 12.9. The van der Waals surface area contributed by atoms with E-state index in [1.165, 1.54) is 6.33 Å². The second kappa shape index (κ2) is 6.20. The zero-order chi connectivity index (χ0) is 16.5. The van der Waals surface area contributed by atoms with Gasteiger partial charge >= 0.3 is 0 Å². The number of hydrogen-bond donors (Lipinski definition) is 1. The minimum absolute atomic E-state index is 0.0431. The maximum Gasteiger partial charge on any atom is 0.182 e. The molecule has 6 nitrogen and oxygen atoms in total. The monoisotopic (exact) mass is 341 g/mol. The summed E-state index contributed by atoms with van der Waals surface area (Å²) in [5, 5.41) is 0.647. The number of benzene rings is 1. The number of carbonyl (C=O) groups is 1. The molecular weight excluding hydrogens is 326 g/mol. The lowest BCUT2D eigenvalue weighted by Gasteiger charge is -2.32. The SMILES string of the molecule is O=C(c1ccc(Cl)cc1)C1CCN(c2ncnc3nc[nH]c23)CC1. The topological polar surface area (TPSA) is 74.8 Å². The van der Waals surface area contributed by atoms with Gasteiger partial charge in [0, 0.05) is 29.6 Å². The number of hydrogen-bond acceptors (Lipinski definition) is 5. The summed E-state index contributed by atoms with van der Waals surface area (Å²) in [6.45, 7) is 1.57. The predicted molar refractivity (Wildman–Crippen MR) is 92.4 cm³/mol. The van der Waals surface area contributed by atoms with Crippen LogP contribution < -0.4 is 4.90 Å². The number of aromatic amines is 1. The molecule has 0 bridgehead atoms. The van der Waals surface area contributed by atoms with Crippen molar-refractivity contribution in [2.24, 2.45) is 5.92 Å². The quantitative estimate of drug-likeness (QED) is 0.741. The van der Waals surface area contributed by atoms with Crippen LogP contribution in [0.1, 0.15) is 23.2 Å². The molecule has 122 valence electrons. The molecule has 0 aliphatic carbocycles. The number of nitrogens with one attached hydrogen (secondary N) is 1. The number of aromatic nitrogens is 4. The number of halogens is 1. The van der Waals surface area contributed by atoms with E-state index in [2.05, 4.69) is 24.8 Å². The number of carbonyl (C=O) groups excluding carboxylic acids is 1. The smallest absolute Gasteiger partial charge is 0.182 e. The van der Waals surface area contributed by atoms with Crippen LogP contribution in [0.25, 0.3) is 11.2 Å². The fourth-order valence-electron chi connectivity index (χ4n) is 3.20. The van der Waals surface area contributed by atoms with Gasteiger partial charge in [0.25, 0.3) is 0 Å². The molecule has 2 aromatic heterocycles. The third kappa shape index (κ3) is 2.73. The Balaban J connectivity index is 1.48. The van der Waals surface area contributed by atoms with Crippen LogP contribution in [-0.2, 0) is 0 Å². The Morgan fingerprint density at radius 3 is 2.62 bits per heavy atom. The van der Waals surface area contributed by atoms with Gasteiger partial charge in [0.2, 0.25) is 0 Å². The number of fused-ring (bicyclic) bond motifs is 1. The lowest BCUT2D eigenvalue weighted by atomic mass is 9.89. The van der Waals surface area contributed by atoms with Crippen molar-refractivity contribution in [3.8, 4) is 0 Å². The van der Waals surface area contributed by atoms with E-state index in [0.717, 1.165) is 42.8 Å².